The molecule has 1 amide bonds. The van der Waals surface area contributed by atoms with Crippen LogP contribution in [-0.4, -0.2) is 27.6 Å². The number of carbonyl (C=O) groups excluding carboxylic acids is 1. The van der Waals surface area contributed by atoms with E-state index in [1.807, 2.05) is 19.2 Å². The van der Waals surface area contributed by atoms with E-state index in [9.17, 15) is 4.79 Å². The van der Waals surface area contributed by atoms with Gasteiger partial charge in [-0.2, -0.15) is 5.10 Å². The standard InChI is InChI=1S/C15H23N5OS/c1-8(2)15-18-11(7-22-15)5-6-17-14(21)13(16)12-9(3)19-20-10(12)4/h7-8,13H,5-6,16H2,1-4H3,(H,17,21)(H,19,20)/t13-/m0/s1. The lowest BCUT2D eigenvalue weighted by Crippen LogP contribution is -2.35. The Morgan fingerprint density at radius 2 is 2.18 bits per heavy atom. The highest BCUT2D eigenvalue weighted by Gasteiger charge is 2.21. The summed E-state index contributed by atoms with van der Waals surface area (Å²) in [4.78, 5) is 16.7. The summed E-state index contributed by atoms with van der Waals surface area (Å²) in [5, 5.41) is 13.0. The minimum atomic E-state index is -0.694. The van der Waals surface area contributed by atoms with Gasteiger partial charge in [0.15, 0.2) is 0 Å². The third-order valence-corrected chi connectivity index (χ3v) is 4.72. The number of aryl methyl sites for hydroxylation is 2. The van der Waals surface area contributed by atoms with E-state index in [1.54, 1.807) is 11.3 Å². The van der Waals surface area contributed by atoms with E-state index in [0.29, 0.717) is 18.9 Å². The second-order valence-electron chi connectivity index (χ2n) is 5.70. The van der Waals surface area contributed by atoms with Gasteiger partial charge in [0.25, 0.3) is 0 Å². The third-order valence-electron chi connectivity index (χ3n) is 3.52. The van der Waals surface area contributed by atoms with Crippen LogP contribution in [0.15, 0.2) is 5.38 Å². The second-order valence-corrected chi connectivity index (χ2v) is 6.59. The number of amides is 1. The molecule has 0 aliphatic carbocycles. The minimum absolute atomic E-state index is 0.188. The molecule has 0 bridgehead atoms. The van der Waals surface area contributed by atoms with Crippen LogP contribution in [-0.2, 0) is 11.2 Å². The molecule has 2 rings (SSSR count). The first-order valence-corrected chi connectivity index (χ1v) is 8.27. The van der Waals surface area contributed by atoms with Gasteiger partial charge in [0, 0.05) is 35.5 Å². The maximum absolute atomic E-state index is 12.2. The normalized spacial score (nSPS) is 12.6. The predicted molar refractivity (Wildman–Crippen MR) is 87.9 cm³/mol. The Morgan fingerprint density at radius 3 is 2.73 bits per heavy atom. The molecule has 4 N–H and O–H groups in total. The number of hydrogen-bond acceptors (Lipinski definition) is 5. The van der Waals surface area contributed by atoms with Crippen molar-refractivity contribution in [1.29, 1.82) is 0 Å². The molecule has 0 aromatic carbocycles. The number of nitrogens with one attached hydrogen (secondary N) is 2. The maximum atomic E-state index is 12.2. The van der Waals surface area contributed by atoms with E-state index in [0.717, 1.165) is 27.7 Å². The fourth-order valence-electron chi connectivity index (χ4n) is 2.28. The molecule has 0 fully saturated rings. The first kappa shape index (κ1) is 16.6. The van der Waals surface area contributed by atoms with Gasteiger partial charge in [-0.05, 0) is 13.8 Å². The lowest BCUT2D eigenvalue weighted by Gasteiger charge is -2.12. The van der Waals surface area contributed by atoms with Gasteiger partial charge >= 0.3 is 0 Å². The van der Waals surface area contributed by atoms with Crippen LogP contribution in [0.2, 0.25) is 0 Å². The summed E-state index contributed by atoms with van der Waals surface area (Å²) < 4.78 is 0. The van der Waals surface area contributed by atoms with Crippen molar-refractivity contribution in [3.63, 3.8) is 0 Å². The monoisotopic (exact) mass is 321 g/mol. The lowest BCUT2D eigenvalue weighted by molar-refractivity contribution is -0.122. The first-order chi connectivity index (χ1) is 10.4. The van der Waals surface area contributed by atoms with Crippen molar-refractivity contribution in [3.05, 3.63) is 33.0 Å². The quantitative estimate of drug-likeness (QED) is 0.757. The van der Waals surface area contributed by atoms with E-state index in [-0.39, 0.29) is 5.91 Å². The molecule has 2 aromatic rings. The van der Waals surface area contributed by atoms with Crippen molar-refractivity contribution in [2.45, 2.75) is 46.1 Å². The minimum Gasteiger partial charge on any atom is -0.354 e. The highest BCUT2D eigenvalue weighted by atomic mass is 32.1. The van der Waals surface area contributed by atoms with Gasteiger partial charge in [-0.25, -0.2) is 4.98 Å². The van der Waals surface area contributed by atoms with Crippen molar-refractivity contribution in [3.8, 4) is 0 Å². The van der Waals surface area contributed by atoms with Crippen LogP contribution in [0, 0.1) is 13.8 Å². The first-order valence-electron chi connectivity index (χ1n) is 7.39. The molecule has 120 valence electrons. The Bertz CT molecular complexity index is 627. The number of nitrogens with zero attached hydrogens (tertiary/aromatic N) is 2. The second kappa shape index (κ2) is 7.02. The molecule has 0 aliphatic rings. The van der Waals surface area contributed by atoms with Crippen molar-refractivity contribution >= 4 is 17.2 Å². The number of carbonyl (C=O) groups is 1. The van der Waals surface area contributed by atoms with Crippen LogP contribution >= 0.6 is 11.3 Å². The fraction of sp³-hybridized carbons (Fsp3) is 0.533. The largest absolute Gasteiger partial charge is 0.354 e. The number of thiazole rings is 1. The van der Waals surface area contributed by atoms with Crippen LogP contribution in [0.5, 0.6) is 0 Å². The van der Waals surface area contributed by atoms with E-state index in [1.165, 1.54) is 0 Å². The molecule has 0 aliphatic heterocycles. The van der Waals surface area contributed by atoms with Gasteiger partial charge in [0.1, 0.15) is 6.04 Å². The predicted octanol–water partition coefficient (Wildman–Crippen LogP) is 1.97. The summed E-state index contributed by atoms with van der Waals surface area (Å²) in [6.07, 6.45) is 0.713. The number of aromatic nitrogens is 3. The molecule has 7 heteroatoms. The van der Waals surface area contributed by atoms with Crippen LogP contribution in [0.3, 0.4) is 0 Å². The Morgan fingerprint density at radius 1 is 1.45 bits per heavy atom. The van der Waals surface area contributed by atoms with Crippen LogP contribution in [0.4, 0.5) is 0 Å². The number of hydrogen-bond donors (Lipinski definition) is 3. The Balaban J connectivity index is 1.87. The Labute approximate surface area is 134 Å². The van der Waals surface area contributed by atoms with Gasteiger partial charge < -0.3 is 11.1 Å². The van der Waals surface area contributed by atoms with Crippen LogP contribution < -0.4 is 11.1 Å². The van der Waals surface area contributed by atoms with Crippen molar-refractivity contribution in [2.75, 3.05) is 6.54 Å². The van der Waals surface area contributed by atoms with Gasteiger partial charge in [0.2, 0.25) is 5.91 Å². The molecule has 0 radical (unpaired) electrons. The number of H-pyrrole nitrogens is 1. The smallest absolute Gasteiger partial charge is 0.241 e. The Kier molecular flexibility index (Phi) is 5.31. The van der Waals surface area contributed by atoms with E-state index in [2.05, 4.69) is 34.3 Å². The van der Waals surface area contributed by atoms with Gasteiger partial charge in [-0.3, -0.25) is 9.89 Å². The highest BCUT2D eigenvalue weighted by molar-refractivity contribution is 7.09. The van der Waals surface area contributed by atoms with Crippen molar-refractivity contribution in [2.24, 2.45) is 5.73 Å². The summed E-state index contributed by atoms with van der Waals surface area (Å²) in [6, 6.07) is -0.694. The molecule has 22 heavy (non-hydrogen) atoms. The third kappa shape index (κ3) is 3.72. The molecular weight excluding hydrogens is 298 g/mol. The number of rotatable bonds is 6. The van der Waals surface area contributed by atoms with Crippen LogP contribution in [0.1, 0.15) is 53.5 Å². The molecule has 2 aromatic heterocycles. The maximum Gasteiger partial charge on any atom is 0.241 e. The average molecular weight is 321 g/mol. The zero-order valence-electron chi connectivity index (χ0n) is 13.4. The van der Waals surface area contributed by atoms with E-state index >= 15 is 0 Å². The molecule has 6 nitrogen and oxygen atoms in total. The number of nitrogens with two attached hydrogens (primary N) is 1. The molecule has 2 heterocycles. The number of aromatic amines is 1. The molecule has 0 unspecified atom stereocenters. The summed E-state index contributed by atoms with van der Waals surface area (Å²) in [7, 11) is 0. The summed E-state index contributed by atoms with van der Waals surface area (Å²) in [6.45, 7) is 8.49. The molecule has 1 atom stereocenters. The molecule has 0 saturated heterocycles. The molecular formula is C15H23N5OS. The van der Waals surface area contributed by atoms with E-state index in [4.69, 9.17) is 5.73 Å². The average Bonchev–Trinajstić information content (AvgIpc) is 3.05. The Hall–Kier alpha value is -1.73. The van der Waals surface area contributed by atoms with Crippen molar-refractivity contribution in [1.82, 2.24) is 20.5 Å². The summed E-state index contributed by atoms with van der Waals surface area (Å²) in [5.74, 6) is 0.251. The zero-order chi connectivity index (χ0) is 16.3. The van der Waals surface area contributed by atoms with Gasteiger partial charge in [0.05, 0.1) is 16.4 Å². The molecule has 0 saturated carbocycles. The lowest BCUT2D eigenvalue weighted by atomic mass is 10.1. The summed E-state index contributed by atoms with van der Waals surface area (Å²) in [5.41, 5.74) is 9.41. The fourth-order valence-corrected chi connectivity index (χ4v) is 3.14. The SMILES string of the molecule is Cc1n[nH]c(C)c1[C@H](N)C(=O)NCCc1csc(C(C)C)n1. The molecule has 0 spiro atoms. The zero-order valence-corrected chi connectivity index (χ0v) is 14.3. The van der Waals surface area contributed by atoms with E-state index < -0.39 is 6.04 Å². The van der Waals surface area contributed by atoms with Gasteiger partial charge in [-0.1, -0.05) is 13.8 Å². The topological polar surface area (TPSA) is 96.7 Å². The van der Waals surface area contributed by atoms with Crippen molar-refractivity contribution < 1.29 is 4.79 Å². The van der Waals surface area contributed by atoms with Gasteiger partial charge in [-0.15, -0.1) is 11.3 Å². The van der Waals surface area contributed by atoms with Crippen LogP contribution in [0.25, 0.3) is 0 Å². The highest BCUT2D eigenvalue weighted by Crippen LogP contribution is 2.19. The summed E-state index contributed by atoms with van der Waals surface area (Å²) >= 11 is 1.66.